The van der Waals surface area contributed by atoms with E-state index in [4.69, 9.17) is 10.8 Å². The number of phenols is 1. The topological polar surface area (TPSA) is 113 Å². The van der Waals surface area contributed by atoms with Gasteiger partial charge in [-0.05, 0) is 30.5 Å². The van der Waals surface area contributed by atoms with Crippen molar-refractivity contribution in [2.24, 2.45) is 5.73 Å². The molecule has 0 aliphatic carbocycles. The van der Waals surface area contributed by atoms with Crippen molar-refractivity contribution < 1.29 is 19.8 Å². The summed E-state index contributed by atoms with van der Waals surface area (Å²) < 4.78 is 0. The van der Waals surface area contributed by atoms with E-state index in [-0.39, 0.29) is 12.2 Å². The molecule has 5 N–H and O–H groups in total. The van der Waals surface area contributed by atoms with Gasteiger partial charge < -0.3 is 21.3 Å². The number of hydrogen-bond donors (Lipinski definition) is 4. The number of hydrogen-bond acceptors (Lipinski definition) is 4. The molecule has 0 saturated carbocycles. The van der Waals surface area contributed by atoms with Gasteiger partial charge in [-0.3, -0.25) is 4.79 Å². The summed E-state index contributed by atoms with van der Waals surface area (Å²) in [6.07, 6.45) is 2.26. The Morgan fingerprint density at radius 1 is 1.29 bits per heavy atom. The molecule has 1 aromatic carbocycles. The van der Waals surface area contributed by atoms with Gasteiger partial charge >= 0.3 is 5.97 Å². The maximum absolute atomic E-state index is 11.9. The molecule has 1 aromatic rings. The minimum Gasteiger partial charge on any atom is -0.508 e. The van der Waals surface area contributed by atoms with Gasteiger partial charge in [-0.2, -0.15) is 0 Å². The maximum Gasteiger partial charge on any atom is 0.326 e. The molecule has 6 heteroatoms. The highest BCUT2D eigenvalue weighted by atomic mass is 16.4. The zero-order valence-electron chi connectivity index (χ0n) is 12.1. The second-order valence-electron chi connectivity index (χ2n) is 5.02. The van der Waals surface area contributed by atoms with E-state index in [2.05, 4.69) is 5.32 Å². The molecule has 0 aliphatic rings. The number of rotatable bonds is 8. The lowest BCUT2D eigenvalue weighted by atomic mass is 10.0. The van der Waals surface area contributed by atoms with E-state index in [0.717, 1.165) is 18.4 Å². The zero-order valence-corrected chi connectivity index (χ0v) is 12.1. The van der Waals surface area contributed by atoms with Crippen LogP contribution in [-0.2, 0) is 16.0 Å². The molecule has 2 atom stereocenters. The Kier molecular flexibility index (Phi) is 6.68. The Labute approximate surface area is 124 Å². The first-order valence-electron chi connectivity index (χ1n) is 7.00. The van der Waals surface area contributed by atoms with Crippen LogP contribution in [0, 0.1) is 0 Å². The van der Waals surface area contributed by atoms with E-state index >= 15 is 0 Å². The van der Waals surface area contributed by atoms with Crippen molar-refractivity contribution >= 4 is 11.9 Å². The van der Waals surface area contributed by atoms with Gasteiger partial charge in [0.15, 0.2) is 0 Å². The van der Waals surface area contributed by atoms with Crippen molar-refractivity contribution in [3.8, 4) is 5.75 Å². The number of carbonyl (C=O) groups is 2. The molecular formula is C15H22N2O4. The third-order valence-electron chi connectivity index (χ3n) is 3.19. The number of amides is 1. The van der Waals surface area contributed by atoms with Crippen LogP contribution in [0.15, 0.2) is 24.3 Å². The van der Waals surface area contributed by atoms with Crippen molar-refractivity contribution in [3.05, 3.63) is 29.8 Å². The number of carboxylic acid groups (broad SMARTS) is 1. The van der Waals surface area contributed by atoms with Crippen LogP contribution in [0.4, 0.5) is 0 Å². The third kappa shape index (κ3) is 5.83. The maximum atomic E-state index is 11.9. The number of unbranched alkanes of at least 4 members (excludes halogenated alkanes) is 1. The van der Waals surface area contributed by atoms with E-state index in [1.165, 1.54) is 12.1 Å². The van der Waals surface area contributed by atoms with E-state index in [1.807, 2.05) is 6.92 Å². The van der Waals surface area contributed by atoms with Crippen LogP contribution >= 0.6 is 0 Å². The summed E-state index contributed by atoms with van der Waals surface area (Å²) in [5, 5.41) is 20.7. The third-order valence-corrected chi connectivity index (χ3v) is 3.19. The Morgan fingerprint density at radius 3 is 2.43 bits per heavy atom. The molecule has 0 aliphatic heterocycles. The number of aliphatic carboxylic acids is 1. The smallest absolute Gasteiger partial charge is 0.326 e. The largest absolute Gasteiger partial charge is 0.508 e. The van der Waals surface area contributed by atoms with Gasteiger partial charge in [0.2, 0.25) is 5.91 Å². The first-order valence-corrected chi connectivity index (χ1v) is 7.00. The van der Waals surface area contributed by atoms with Crippen molar-refractivity contribution in [1.29, 1.82) is 0 Å². The fraction of sp³-hybridized carbons (Fsp3) is 0.467. The molecule has 0 spiro atoms. The lowest BCUT2D eigenvalue weighted by Crippen LogP contribution is -2.49. The van der Waals surface area contributed by atoms with Gasteiger partial charge in [-0.15, -0.1) is 0 Å². The molecular weight excluding hydrogens is 272 g/mol. The normalized spacial score (nSPS) is 13.4. The fourth-order valence-electron chi connectivity index (χ4n) is 1.92. The van der Waals surface area contributed by atoms with Crippen molar-refractivity contribution in [2.45, 2.75) is 44.7 Å². The van der Waals surface area contributed by atoms with Gasteiger partial charge in [-0.25, -0.2) is 4.79 Å². The summed E-state index contributed by atoms with van der Waals surface area (Å²) in [6.45, 7) is 1.96. The van der Waals surface area contributed by atoms with Crippen LogP contribution < -0.4 is 11.1 Å². The second-order valence-corrected chi connectivity index (χ2v) is 5.02. The van der Waals surface area contributed by atoms with Crippen LogP contribution in [0.5, 0.6) is 5.75 Å². The van der Waals surface area contributed by atoms with Crippen LogP contribution in [0.25, 0.3) is 0 Å². The summed E-state index contributed by atoms with van der Waals surface area (Å²) in [5.41, 5.74) is 6.60. The van der Waals surface area contributed by atoms with Gasteiger partial charge in [0.25, 0.3) is 0 Å². The van der Waals surface area contributed by atoms with Crippen LogP contribution in [0.1, 0.15) is 31.7 Å². The number of nitrogens with two attached hydrogens (primary N) is 1. The molecule has 0 heterocycles. The first-order chi connectivity index (χ1) is 9.93. The van der Waals surface area contributed by atoms with Gasteiger partial charge in [0, 0.05) is 0 Å². The Balaban J connectivity index is 2.56. The number of nitrogens with one attached hydrogen (secondary N) is 1. The van der Waals surface area contributed by atoms with E-state index in [0.29, 0.717) is 6.42 Å². The highest BCUT2D eigenvalue weighted by molar-refractivity contribution is 5.86. The molecule has 0 bridgehead atoms. The predicted octanol–water partition coefficient (Wildman–Crippen LogP) is 1.02. The molecule has 1 amide bonds. The summed E-state index contributed by atoms with van der Waals surface area (Å²) in [6, 6.07) is 4.66. The molecule has 0 aromatic heterocycles. The molecule has 21 heavy (non-hydrogen) atoms. The molecule has 6 nitrogen and oxygen atoms in total. The molecule has 0 fully saturated rings. The highest BCUT2D eigenvalue weighted by Crippen LogP contribution is 2.11. The second kappa shape index (κ2) is 8.26. The quantitative estimate of drug-likeness (QED) is 0.572. The van der Waals surface area contributed by atoms with Crippen molar-refractivity contribution in [2.75, 3.05) is 0 Å². The standard InChI is InChI=1S/C15H22N2O4/c1-2-3-4-13(15(20)21)17-14(19)12(16)9-10-5-7-11(18)8-6-10/h5-8,12-13,18H,2-4,9,16H2,1H3,(H,17,19)(H,20,21)/t12-,13?/m0/s1. The predicted molar refractivity (Wildman–Crippen MR) is 78.9 cm³/mol. The Morgan fingerprint density at radius 2 is 1.90 bits per heavy atom. The lowest BCUT2D eigenvalue weighted by Gasteiger charge is -2.17. The van der Waals surface area contributed by atoms with Crippen LogP contribution in [0.2, 0.25) is 0 Å². The SMILES string of the molecule is CCCCC(NC(=O)[C@@H](N)Cc1ccc(O)cc1)C(=O)O. The van der Waals surface area contributed by atoms with Crippen LogP contribution in [-0.4, -0.2) is 34.2 Å². The molecule has 0 radical (unpaired) electrons. The summed E-state index contributed by atoms with van der Waals surface area (Å²) in [7, 11) is 0. The lowest BCUT2D eigenvalue weighted by molar-refractivity contribution is -0.142. The number of carbonyl (C=O) groups excluding carboxylic acids is 1. The number of aromatic hydroxyl groups is 1. The van der Waals surface area contributed by atoms with E-state index in [9.17, 15) is 14.7 Å². The van der Waals surface area contributed by atoms with Gasteiger partial charge in [0.1, 0.15) is 11.8 Å². The monoisotopic (exact) mass is 294 g/mol. The summed E-state index contributed by atoms with van der Waals surface area (Å²) >= 11 is 0. The summed E-state index contributed by atoms with van der Waals surface area (Å²) in [5.74, 6) is -1.39. The minimum absolute atomic E-state index is 0.141. The number of benzene rings is 1. The molecule has 0 saturated heterocycles. The van der Waals surface area contributed by atoms with Gasteiger partial charge in [-0.1, -0.05) is 31.9 Å². The Bertz CT molecular complexity index is 473. The highest BCUT2D eigenvalue weighted by Gasteiger charge is 2.22. The van der Waals surface area contributed by atoms with Crippen LogP contribution in [0.3, 0.4) is 0 Å². The van der Waals surface area contributed by atoms with Gasteiger partial charge in [0.05, 0.1) is 6.04 Å². The molecule has 1 rings (SSSR count). The first kappa shape index (κ1) is 17.0. The minimum atomic E-state index is -1.05. The molecule has 116 valence electrons. The zero-order chi connectivity index (χ0) is 15.8. The molecule has 1 unspecified atom stereocenters. The fourth-order valence-corrected chi connectivity index (χ4v) is 1.92. The van der Waals surface area contributed by atoms with E-state index in [1.54, 1.807) is 12.1 Å². The van der Waals surface area contributed by atoms with Crippen molar-refractivity contribution in [1.82, 2.24) is 5.32 Å². The number of phenolic OH excluding ortho intramolecular Hbond substituents is 1. The van der Waals surface area contributed by atoms with Crippen molar-refractivity contribution in [3.63, 3.8) is 0 Å². The Hall–Kier alpha value is -2.08. The average Bonchev–Trinajstić information content (AvgIpc) is 2.45. The van der Waals surface area contributed by atoms with E-state index < -0.39 is 24.0 Å². The number of carboxylic acids is 1. The average molecular weight is 294 g/mol. The summed E-state index contributed by atoms with van der Waals surface area (Å²) in [4.78, 5) is 23.0.